The van der Waals surface area contributed by atoms with Crippen LogP contribution in [-0.2, 0) is 6.54 Å². The van der Waals surface area contributed by atoms with Crippen molar-refractivity contribution in [3.63, 3.8) is 0 Å². The fraction of sp³-hybridized carbons (Fsp3) is 0.471. The summed E-state index contributed by atoms with van der Waals surface area (Å²) in [5, 5.41) is 11.0. The highest BCUT2D eigenvalue weighted by atomic mass is 19.1. The van der Waals surface area contributed by atoms with Crippen molar-refractivity contribution in [3.05, 3.63) is 36.0 Å². The molecule has 1 aromatic heterocycles. The number of carbonyl (C=O) groups is 1. The van der Waals surface area contributed by atoms with Gasteiger partial charge in [0.2, 0.25) is 11.8 Å². The Labute approximate surface area is 144 Å². The van der Waals surface area contributed by atoms with E-state index in [4.69, 9.17) is 4.42 Å². The van der Waals surface area contributed by atoms with Gasteiger partial charge in [0.05, 0.1) is 6.54 Å². The normalized spacial score (nSPS) is 19.4. The van der Waals surface area contributed by atoms with Gasteiger partial charge >= 0.3 is 6.03 Å². The maximum Gasteiger partial charge on any atom is 0.317 e. The topological polar surface area (TPSA) is 74.5 Å². The van der Waals surface area contributed by atoms with Gasteiger partial charge in [-0.3, -0.25) is 4.90 Å². The molecule has 1 N–H and O–H groups in total. The van der Waals surface area contributed by atoms with Gasteiger partial charge in [-0.25, -0.2) is 9.18 Å². The molecule has 0 spiro atoms. The molecule has 4 rings (SSSR count). The monoisotopic (exact) mass is 345 g/mol. The van der Waals surface area contributed by atoms with Gasteiger partial charge in [0.1, 0.15) is 5.82 Å². The lowest BCUT2D eigenvalue weighted by Crippen LogP contribution is -2.45. The molecule has 2 aromatic rings. The van der Waals surface area contributed by atoms with E-state index in [0.29, 0.717) is 29.9 Å². The molecule has 2 saturated heterocycles. The Bertz CT molecular complexity index is 740. The number of carbonyl (C=O) groups excluding carboxylic acids is 1. The first-order chi connectivity index (χ1) is 12.2. The van der Waals surface area contributed by atoms with Crippen LogP contribution in [0.3, 0.4) is 0 Å². The second-order valence-corrected chi connectivity index (χ2v) is 6.44. The van der Waals surface area contributed by atoms with Crippen LogP contribution in [0.5, 0.6) is 0 Å². The van der Waals surface area contributed by atoms with E-state index in [9.17, 15) is 9.18 Å². The second kappa shape index (κ2) is 6.79. The molecule has 25 heavy (non-hydrogen) atoms. The molecule has 132 valence electrons. The van der Waals surface area contributed by atoms with Crippen LogP contribution in [0.1, 0.15) is 18.7 Å². The quantitative estimate of drug-likeness (QED) is 0.916. The molecule has 0 aliphatic carbocycles. The van der Waals surface area contributed by atoms with E-state index >= 15 is 0 Å². The first-order valence-electron chi connectivity index (χ1n) is 8.54. The Kier molecular flexibility index (Phi) is 4.35. The number of nitrogens with zero attached hydrogens (tertiary/aromatic N) is 4. The summed E-state index contributed by atoms with van der Waals surface area (Å²) >= 11 is 0. The molecule has 0 saturated carbocycles. The fourth-order valence-electron chi connectivity index (χ4n) is 3.44. The number of hydrogen-bond acceptors (Lipinski definition) is 5. The van der Waals surface area contributed by atoms with E-state index in [2.05, 4.69) is 20.4 Å². The van der Waals surface area contributed by atoms with Gasteiger partial charge < -0.3 is 14.6 Å². The Morgan fingerprint density at radius 1 is 1.16 bits per heavy atom. The van der Waals surface area contributed by atoms with Crippen molar-refractivity contribution in [1.82, 2.24) is 25.3 Å². The van der Waals surface area contributed by atoms with Crippen LogP contribution in [0.4, 0.5) is 9.18 Å². The van der Waals surface area contributed by atoms with Gasteiger partial charge in [-0.2, -0.15) is 0 Å². The molecular formula is C17H20FN5O2. The number of piperidine rings is 1. The highest BCUT2D eigenvalue weighted by molar-refractivity contribution is 5.76. The number of benzene rings is 1. The van der Waals surface area contributed by atoms with Crippen LogP contribution in [0.25, 0.3) is 11.5 Å². The molecular weight excluding hydrogens is 325 g/mol. The van der Waals surface area contributed by atoms with Gasteiger partial charge in [-0.1, -0.05) is 0 Å². The zero-order valence-electron chi connectivity index (χ0n) is 13.8. The number of hydrogen-bond donors (Lipinski definition) is 1. The molecule has 3 heterocycles. The minimum absolute atomic E-state index is 0.0549. The van der Waals surface area contributed by atoms with Gasteiger partial charge in [0.15, 0.2) is 0 Å². The Hall–Kier alpha value is -2.48. The van der Waals surface area contributed by atoms with Crippen LogP contribution < -0.4 is 5.32 Å². The highest BCUT2D eigenvalue weighted by Crippen LogP contribution is 2.22. The molecule has 2 fully saturated rings. The van der Waals surface area contributed by atoms with Crippen LogP contribution in [0, 0.1) is 5.82 Å². The van der Waals surface area contributed by atoms with E-state index in [1.165, 1.54) is 12.1 Å². The molecule has 0 unspecified atom stereocenters. The molecule has 2 amide bonds. The predicted molar refractivity (Wildman–Crippen MR) is 88.1 cm³/mol. The number of nitrogens with one attached hydrogen (secondary N) is 1. The maximum absolute atomic E-state index is 13.0. The van der Waals surface area contributed by atoms with Gasteiger partial charge in [-0.05, 0) is 37.1 Å². The van der Waals surface area contributed by atoms with E-state index in [1.807, 2.05) is 4.90 Å². The summed E-state index contributed by atoms with van der Waals surface area (Å²) in [5.74, 6) is 0.661. The summed E-state index contributed by atoms with van der Waals surface area (Å²) in [6, 6.07) is 6.37. The molecule has 0 radical (unpaired) electrons. The Morgan fingerprint density at radius 2 is 1.92 bits per heavy atom. The zero-order valence-corrected chi connectivity index (χ0v) is 13.8. The molecule has 2 aliphatic rings. The van der Waals surface area contributed by atoms with Crippen molar-refractivity contribution in [2.45, 2.75) is 25.4 Å². The Balaban J connectivity index is 1.33. The lowest BCUT2D eigenvalue weighted by molar-refractivity contribution is 0.126. The predicted octanol–water partition coefficient (Wildman–Crippen LogP) is 1.87. The van der Waals surface area contributed by atoms with E-state index in [-0.39, 0.29) is 11.8 Å². The smallest absolute Gasteiger partial charge is 0.317 e. The first kappa shape index (κ1) is 16.0. The van der Waals surface area contributed by atoms with Gasteiger partial charge in [0.25, 0.3) is 0 Å². The molecule has 2 aliphatic heterocycles. The molecule has 0 bridgehead atoms. The van der Waals surface area contributed by atoms with Crippen molar-refractivity contribution in [3.8, 4) is 11.5 Å². The molecule has 1 aromatic carbocycles. The van der Waals surface area contributed by atoms with Crippen LogP contribution in [-0.4, -0.2) is 58.2 Å². The largest absolute Gasteiger partial charge is 0.419 e. The van der Waals surface area contributed by atoms with Crippen molar-refractivity contribution in [2.24, 2.45) is 0 Å². The number of aromatic nitrogens is 2. The van der Waals surface area contributed by atoms with Crippen molar-refractivity contribution in [2.75, 3.05) is 26.2 Å². The summed E-state index contributed by atoms with van der Waals surface area (Å²) in [7, 11) is 0. The summed E-state index contributed by atoms with van der Waals surface area (Å²) in [6.45, 7) is 3.92. The van der Waals surface area contributed by atoms with Gasteiger partial charge in [0, 0.05) is 37.8 Å². The van der Waals surface area contributed by atoms with E-state index < -0.39 is 0 Å². The third-order valence-electron chi connectivity index (χ3n) is 4.80. The number of rotatable bonds is 4. The summed E-state index contributed by atoms with van der Waals surface area (Å²) < 4.78 is 18.7. The SMILES string of the molecule is O=C1NCCN1C1CCN(Cc2nnc(-c3ccc(F)cc3)o2)CC1. The van der Waals surface area contributed by atoms with Gasteiger partial charge in [-0.15, -0.1) is 10.2 Å². The number of amides is 2. The lowest BCUT2D eigenvalue weighted by Gasteiger charge is -2.35. The molecule has 8 heteroatoms. The lowest BCUT2D eigenvalue weighted by atomic mass is 10.0. The van der Waals surface area contributed by atoms with Crippen LogP contribution >= 0.6 is 0 Å². The van der Waals surface area contributed by atoms with E-state index in [1.54, 1.807) is 12.1 Å². The van der Waals surface area contributed by atoms with Crippen LogP contribution in [0.2, 0.25) is 0 Å². The third kappa shape index (κ3) is 3.48. The van der Waals surface area contributed by atoms with E-state index in [0.717, 1.165) is 39.0 Å². The molecule has 7 nitrogen and oxygen atoms in total. The fourth-order valence-corrected chi connectivity index (χ4v) is 3.44. The number of likely N-dealkylation sites (tertiary alicyclic amines) is 1. The summed E-state index contributed by atoms with van der Waals surface area (Å²) in [6.07, 6.45) is 1.90. The first-order valence-corrected chi connectivity index (χ1v) is 8.54. The number of urea groups is 1. The minimum atomic E-state index is -0.293. The third-order valence-corrected chi connectivity index (χ3v) is 4.80. The van der Waals surface area contributed by atoms with Crippen molar-refractivity contribution in [1.29, 1.82) is 0 Å². The summed E-state index contributed by atoms with van der Waals surface area (Å²) in [4.78, 5) is 15.9. The average Bonchev–Trinajstić information content (AvgIpc) is 3.26. The van der Waals surface area contributed by atoms with Crippen molar-refractivity contribution >= 4 is 6.03 Å². The highest BCUT2D eigenvalue weighted by Gasteiger charge is 2.30. The number of halogens is 1. The average molecular weight is 345 g/mol. The minimum Gasteiger partial charge on any atom is -0.419 e. The standard InChI is InChI=1S/C17H20FN5O2/c18-13-3-1-12(2-4-13)16-21-20-15(25-16)11-22-8-5-14(6-9-22)23-10-7-19-17(23)24/h1-4,14H,5-11H2,(H,19,24). The Morgan fingerprint density at radius 3 is 2.60 bits per heavy atom. The van der Waals surface area contributed by atoms with Crippen LogP contribution in [0.15, 0.2) is 28.7 Å². The second-order valence-electron chi connectivity index (χ2n) is 6.44. The maximum atomic E-state index is 13.0. The van der Waals surface area contributed by atoms with Crippen molar-refractivity contribution < 1.29 is 13.6 Å². The zero-order chi connectivity index (χ0) is 17.2. The summed E-state index contributed by atoms with van der Waals surface area (Å²) in [5.41, 5.74) is 0.707. The molecule has 0 atom stereocenters.